The highest BCUT2D eigenvalue weighted by atomic mass is 16.2. The molecule has 0 spiro atoms. The normalized spacial score (nSPS) is 13.3. The summed E-state index contributed by atoms with van der Waals surface area (Å²) in [6.07, 6.45) is 3.53. The molecular weight excluding hydrogens is 312 g/mol. The maximum atomic E-state index is 12.4. The van der Waals surface area contributed by atoms with Crippen molar-refractivity contribution in [3.8, 4) is 0 Å². The van der Waals surface area contributed by atoms with Gasteiger partial charge in [-0.1, -0.05) is 36.4 Å². The number of hydrogen-bond donors (Lipinski definition) is 1. The van der Waals surface area contributed by atoms with E-state index in [9.17, 15) is 4.79 Å². The molecule has 1 N–H and O–H groups in total. The first-order valence-corrected chi connectivity index (χ1v) is 8.63. The fraction of sp³-hybridized carbons (Fsp3) is 0.400. The summed E-state index contributed by atoms with van der Waals surface area (Å²) in [6, 6.07) is 14.4. The summed E-state index contributed by atoms with van der Waals surface area (Å²) in [5.41, 5.74) is 2.29. The van der Waals surface area contributed by atoms with Crippen LogP contribution in [-0.2, 0) is 6.54 Å². The Hall–Kier alpha value is -2.40. The van der Waals surface area contributed by atoms with E-state index in [1.54, 1.807) is 17.3 Å². The quantitative estimate of drug-likeness (QED) is 0.841. The van der Waals surface area contributed by atoms with E-state index in [0.29, 0.717) is 6.54 Å². The average molecular weight is 340 g/mol. The number of urea groups is 1. The first-order valence-electron chi connectivity index (χ1n) is 8.63. The number of amides is 2. The van der Waals surface area contributed by atoms with Gasteiger partial charge in [0.15, 0.2) is 0 Å². The van der Waals surface area contributed by atoms with Crippen molar-refractivity contribution in [2.75, 3.05) is 20.6 Å². The summed E-state index contributed by atoms with van der Waals surface area (Å²) in [5, 5.41) is 3.02. The number of hydrogen-bond acceptors (Lipinski definition) is 3. The second-order valence-electron chi connectivity index (χ2n) is 6.51. The number of carbonyl (C=O) groups is 1. The van der Waals surface area contributed by atoms with Gasteiger partial charge in [-0.25, -0.2) is 4.79 Å². The molecule has 0 fully saturated rings. The van der Waals surface area contributed by atoms with Gasteiger partial charge >= 0.3 is 6.03 Å². The molecule has 134 valence electrons. The molecule has 2 rings (SSSR count). The van der Waals surface area contributed by atoms with Gasteiger partial charge in [-0.2, -0.15) is 0 Å². The molecule has 0 saturated heterocycles. The Morgan fingerprint density at radius 3 is 2.48 bits per heavy atom. The van der Waals surface area contributed by atoms with Crippen LogP contribution < -0.4 is 5.32 Å². The van der Waals surface area contributed by atoms with Crippen LogP contribution in [0, 0.1) is 0 Å². The Balaban J connectivity index is 1.82. The minimum absolute atomic E-state index is 0.0222. The summed E-state index contributed by atoms with van der Waals surface area (Å²) < 4.78 is 0. The molecule has 1 aromatic carbocycles. The monoisotopic (exact) mass is 340 g/mol. The number of rotatable bonds is 7. The molecule has 0 aliphatic carbocycles. The molecule has 0 aliphatic rings. The number of nitrogens with zero attached hydrogens (tertiary/aromatic N) is 3. The fourth-order valence-electron chi connectivity index (χ4n) is 2.57. The highest BCUT2D eigenvalue weighted by Gasteiger charge is 2.18. The van der Waals surface area contributed by atoms with E-state index in [4.69, 9.17) is 0 Å². The Morgan fingerprint density at radius 1 is 1.12 bits per heavy atom. The topological polar surface area (TPSA) is 48.5 Å². The predicted octanol–water partition coefficient (Wildman–Crippen LogP) is 3.30. The molecule has 0 radical (unpaired) electrons. The van der Waals surface area contributed by atoms with Crippen molar-refractivity contribution in [3.05, 3.63) is 66.0 Å². The Labute approximate surface area is 150 Å². The van der Waals surface area contributed by atoms with Crippen molar-refractivity contribution in [1.29, 1.82) is 0 Å². The van der Waals surface area contributed by atoms with Gasteiger partial charge in [-0.05, 0) is 38.1 Å². The number of benzene rings is 1. The highest BCUT2D eigenvalue weighted by Crippen LogP contribution is 2.17. The zero-order valence-electron chi connectivity index (χ0n) is 15.5. The summed E-state index contributed by atoms with van der Waals surface area (Å²) in [6.45, 7) is 5.58. The predicted molar refractivity (Wildman–Crippen MR) is 101 cm³/mol. The molecule has 0 bridgehead atoms. The maximum absolute atomic E-state index is 12.4. The van der Waals surface area contributed by atoms with Gasteiger partial charge < -0.3 is 10.2 Å². The van der Waals surface area contributed by atoms with Crippen LogP contribution in [0.2, 0.25) is 0 Å². The van der Waals surface area contributed by atoms with Crippen LogP contribution >= 0.6 is 0 Å². The summed E-state index contributed by atoms with van der Waals surface area (Å²) >= 11 is 0. The van der Waals surface area contributed by atoms with E-state index in [-0.39, 0.29) is 18.1 Å². The van der Waals surface area contributed by atoms with Crippen molar-refractivity contribution in [2.45, 2.75) is 32.5 Å². The SMILES string of the molecule is C[C@@H](CNC(=O)N(C)[C@@H](C)c1cccnc1)N(C)Cc1ccccc1. The van der Waals surface area contributed by atoms with Crippen molar-refractivity contribution >= 4 is 6.03 Å². The van der Waals surface area contributed by atoms with Crippen LogP contribution in [0.4, 0.5) is 4.79 Å². The molecule has 0 aliphatic heterocycles. The molecule has 2 aromatic rings. The summed E-state index contributed by atoms with van der Waals surface area (Å²) in [5.74, 6) is 0. The van der Waals surface area contributed by atoms with Crippen LogP contribution in [0.3, 0.4) is 0 Å². The Bertz CT molecular complexity index is 647. The van der Waals surface area contributed by atoms with Crippen LogP contribution in [0.25, 0.3) is 0 Å². The average Bonchev–Trinajstić information content (AvgIpc) is 2.66. The van der Waals surface area contributed by atoms with Crippen molar-refractivity contribution < 1.29 is 4.79 Å². The van der Waals surface area contributed by atoms with E-state index in [1.165, 1.54) is 5.56 Å². The molecule has 5 heteroatoms. The van der Waals surface area contributed by atoms with Gasteiger partial charge in [0, 0.05) is 38.6 Å². The summed E-state index contributed by atoms with van der Waals surface area (Å²) in [7, 11) is 3.89. The van der Waals surface area contributed by atoms with Crippen LogP contribution in [0.15, 0.2) is 54.9 Å². The number of likely N-dealkylation sites (N-methyl/N-ethyl adjacent to an activating group) is 1. The second-order valence-corrected chi connectivity index (χ2v) is 6.51. The highest BCUT2D eigenvalue weighted by molar-refractivity contribution is 5.74. The Morgan fingerprint density at radius 2 is 1.84 bits per heavy atom. The molecule has 1 heterocycles. The molecule has 0 unspecified atom stereocenters. The zero-order chi connectivity index (χ0) is 18.2. The first-order chi connectivity index (χ1) is 12.0. The number of carbonyl (C=O) groups excluding carboxylic acids is 1. The van der Waals surface area contributed by atoms with Gasteiger partial charge in [0.1, 0.15) is 0 Å². The van der Waals surface area contributed by atoms with Crippen molar-refractivity contribution in [2.24, 2.45) is 0 Å². The molecule has 2 amide bonds. The third-order valence-electron chi connectivity index (χ3n) is 4.64. The molecular formula is C20H28N4O. The molecule has 5 nitrogen and oxygen atoms in total. The lowest BCUT2D eigenvalue weighted by molar-refractivity contribution is 0.186. The minimum Gasteiger partial charge on any atom is -0.336 e. The zero-order valence-corrected chi connectivity index (χ0v) is 15.5. The lowest BCUT2D eigenvalue weighted by Crippen LogP contribution is -2.45. The number of pyridine rings is 1. The van der Waals surface area contributed by atoms with Crippen LogP contribution in [0.5, 0.6) is 0 Å². The van der Waals surface area contributed by atoms with Crippen molar-refractivity contribution in [3.63, 3.8) is 0 Å². The standard InChI is InChI=1S/C20H28N4O/c1-16(23(3)15-18-9-6-5-7-10-18)13-22-20(25)24(4)17(2)19-11-8-12-21-14-19/h5-12,14,16-17H,13,15H2,1-4H3,(H,22,25)/t16-,17-/m0/s1. The van der Waals surface area contributed by atoms with E-state index in [1.807, 2.05) is 44.3 Å². The largest absolute Gasteiger partial charge is 0.336 e. The molecule has 25 heavy (non-hydrogen) atoms. The smallest absolute Gasteiger partial charge is 0.317 e. The van der Waals surface area contributed by atoms with Gasteiger partial charge in [0.2, 0.25) is 0 Å². The van der Waals surface area contributed by atoms with Gasteiger partial charge in [-0.15, -0.1) is 0 Å². The van der Waals surface area contributed by atoms with Crippen LogP contribution in [0.1, 0.15) is 31.0 Å². The van der Waals surface area contributed by atoms with Gasteiger partial charge in [0.25, 0.3) is 0 Å². The number of aromatic nitrogens is 1. The maximum Gasteiger partial charge on any atom is 0.317 e. The first kappa shape index (κ1) is 18.9. The van der Waals surface area contributed by atoms with E-state index >= 15 is 0 Å². The second kappa shape index (κ2) is 9.18. The minimum atomic E-state index is -0.0729. The van der Waals surface area contributed by atoms with E-state index in [2.05, 4.69) is 41.3 Å². The molecule has 2 atom stereocenters. The third-order valence-corrected chi connectivity index (χ3v) is 4.64. The lowest BCUT2D eigenvalue weighted by Gasteiger charge is -2.28. The fourth-order valence-corrected chi connectivity index (χ4v) is 2.57. The lowest BCUT2D eigenvalue weighted by atomic mass is 10.1. The van der Waals surface area contributed by atoms with E-state index < -0.39 is 0 Å². The third kappa shape index (κ3) is 5.57. The van der Waals surface area contributed by atoms with Crippen molar-refractivity contribution in [1.82, 2.24) is 20.1 Å². The Kier molecular flexibility index (Phi) is 6.95. The van der Waals surface area contributed by atoms with Gasteiger partial charge in [0.05, 0.1) is 6.04 Å². The van der Waals surface area contributed by atoms with Crippen LogP contribution in [-0.4, -0.2) is 47.5 Å². The molecule has 1 aromatic heterocycles. The number of nitrogens with one attached hydrogen (secondary N) is 1. The van der Waals surface area contributed by atoms with Gasteiger partial charge in [-0.3, -0.25) is 9.88 Å². The molecule has 0 saturated carbocycles. The summed E-state index contributed by atoms with van der Waals surface area (Å²) in [4.78, 5) is 20.5. The van der Waals surface area contributed by atoms with E-state index in [0.717, 1.165) is 12.1 Å².